The number of ether oxygens (including phenoxy) is 2. The largest absolute Gasteiger partial charge is 0.493 e. The fourth-order valence-electron chi connectivity index (χ4n) is 1.87. The van der Waals surface area contributed by atoms with Crippen molar-refractivity contribution in [2.24, 2.45) is 0 Å². The van der Waals surface area contributed by atoms with E-state index >= 15 is 0 Å². The van der Waals surface area contributed by atoms with Gasteiger partial charge < -0.3 is 19.5 Å². The van der Waals surface area contributed by atoms with Gasteiger partial charge >= 0.3 is 0 Å². The summed E-state index contributed by atoms with van der Waals surface area (Å²) < 4.78 is 53.7. The molecule has 7 nitrogen and oxygen atoms in total. The fraction of sp³-hybridized carbons (Fsp3) is 0.538. The molecule has 0 aliphatic rings. The highest BCUT2D eigenvalue weighted by molar-refractivity contribution is 7.85. The van der Waals surface area contributed by atoms with Gasteiger partial charge in [0.25, 0.3) is 10.1 Å². The number of nitrogens with zero attached hydrogens (tertiary/aromatic N) is 1. The van der Waals surface area contributed by atoms with E-state index in [1.807, 2.05) is 0 Å². The third kappa shape index (κ3) is 5.32. The summed E-state index contributed by atoms with van der Waals surface area (Å²) in [4.78, 5) is 1.68. The van der Waals surface area contributed by atoms with Crippen LogP contribution in [0.25, 0.3) is 0 Å². The highest BCUT2D eigenvalue weighted by atomic mass is 32.2. The van der Waals surface area contributed by atoms with Gasteiger partial charge in [-0.25, -0.2) is 0 Å². The van der Waals surface area contributed by atoms with Gasteiger partial charge in [0.2, 0.25) is 5.82 Å². The molecule has 0 heterocycles. The van der Waals surface area contributed by atoms with Crippen LogP contribution in [0.4, 0.5) is 10.1 Å². The Balaban J connectivity index is 2.79. The molecule has 0 saturated carbocycles. The Labute approximate surface area is 129 Å². The molecule has 0 amide bonds. The second-order valence-corrected chi connectivity index (χ2v) is 6.27. The molecule has 1 unspecified atom stereocenters. The molecular weight excluding hydrogens is 317 g/mol. The van der Waals surface area contributed by atoms with Crippen molar-refractivity contribution in [3.8, 4) is 11.5 Å². The van der Waals surface area contributed by atoms with Gasteiger partial charge in [0, 0.05) is 31.4 Å². The third-order valence-electron chi connectivity index (χ3n) is 3.07. The molecule has 126 valence electrons. The third-order valence-corrected chi connectivity index (χ3v) is 3.88. The molecule has 0 aromatic heterocycles. The summed E-state index contributed by atoms with van der Waals surface area (Å²) in [7, 11) is 0.128. The van der Waals surface area contributed by atoms with Crippen molar-refractivity contribution in [3.63, 3.8) is 0 Å². The maximum atomic E-state index is 13.8. The van der Waals surface area contributed by atoms with Crippen LogP contribution in [0.2, 0.25) is 0 Å². The molecule has 1 atom stereocenters. The summed E-state index contributed by atoms with van der Waals surface area (Å²) in [6.45, 7) is 0.286. The predicted octanol–water partition coefficient (Wildman–Crippen LogP) is 0.918. The predicted molar refractivity (Wildman–Crippen MR) is 79.8 cm³/mol. The quantitative estimate of drug-likeness (QED) is 0.681. The molecule has 0 aliphatic carbocycles. The van der Waals surface area contributed by atoms with E-state index in [2.05, 4.69) is 0 Å². The van der Waals surface area contributed by atoms with Gasteiger partial charge in [-0.2, -0.15) is 12.8 Å². The lowest BCUT2D eigenvalue weighted by atomic mass is 10.2. The van der Waals surface area contributed by atoms with Crippen LogP contribution in [0, 0.1) is 5.82 Å². The molecule has 0 saturated heterocycles. The van der Waals surface area contributed by atoms with E-state index in [0.29, 0.717) is 5.69 Å². The van der Waals surface area contributed by atoms with Gasteiger partial charge in [0.1, 0.15) is 5.75 Å². The standard InChI is InChI=1S/C13H20FNO6S/c1-15(5-4-10(16)8-22(17,18)19)9-6-11(20-2)13(14)12(7-9)21-3/h6-7,10,16H,4-5,8H2,1-3H3,(H,17,18,19). The Morgan fingerprint density at radius 3 is 2.18 bits per heavy atom. The minimum atomic E-state index is -4.22. The van der Waals surface area contributed by atoms with Crippen LogP contribution in [0.5, 0.6) is 11.5 Å². The first-order valence-corrected chi connectivity index (χ1v) is 8.04. The number of benzene rings is 1. The summed E-state index contributed by atoms with van der Waals surface area (Å²) in [5.41, 5.74) is 0.578. The average Bonchev–Trinajstić information content (AvgIpc) is 2.43. The molecule has 2 N–H and O–H groups in total. The number of methoxy groups -OCH3 is 2. The molecule has 22 heavy (non-hydrogen) atoms. The lowest BCUT2D eigenvalue weighted by molar-refractivity contribution is 0.187. The average molecular weight is 337 g/mol. The zero-order valence-electron chi connectivity index (χ0n) is 12.6. The molecule has 0 fully saturated rings. The van der Waals surface area contributed by atoms with Gasteiger partial charge in [-0.1, -0.05) is 0 Å². The SMILES string of the molecule is COc1cc(N(C)CCC(O)CS(=O)(=O)O)cc(OC)c1F. The zero-order chi connectivity index (χ0) is 16.9. The molecule has 0 spiro atoms. The van der Waals surface area contributed by atoms with Gasteiger partial charge in [-0.3, -0.25) is 4.55 Å². The van der Waals surface area contributed by atoms with Crippen LogP contribution in [-0.2, 0) is 10.1 Å². The lowest BCUT2D eigenvalue weighted by Gasteiger charge is -2.22. The van der Waals surface area contributed by atoms with E-state index in [4.69, 9.17) is 14.0 Å². The van der Waals surface area contributed by atoms with Gasteiger partial charge in [-0.15, -0.1) is 0 Å². The Bertz CT molecular complexity index is 582. The van der Waals surface area contributed by atoms with Gasteiger partial charge in [0.15, 0.2) is 11.5 Å². The van der Waals surface area contributed by atoms with Crippen LogP contribution >= 0.6 is 0 Å². The highest BCUT2D eigenvalue weighted by Gasteiger charge is 2.17. The van der Waals surface area contributed by atoms with E-state index in [1.165, 1.54) is 26.4 Å². The lowest BCUT2D eigenvalue weighted by Crippen LogP contribution is -2.27. The number of rotatable bonds is 8. The van der Waals surface area contributed by atoms with E-state index < -0.39 is 27.8 Å². The van der Waals surface area contributed by atoms with Crippen LogP contribution in [0.1, 0.15) is 6.42 Å². The Kier molecular flexibility index (Phi) is 6.39. The van der Waals surface area contributed by atoms with Crippen LogP contribution in [-0.4, -0.2) is 57.7 Å². The molecule has 1 aromatic carbocycles. The van der Waals surface area contributed by atoms with Crippen molar-refractivity contribution >= 4 is 15.8 Å². The number of hydrogen-bond donors (Lipinski definition) is 2. The van der Waals surface area contributed by atoms with E-state index in [9.17, 15) is 17.9 Å². The van der Waals surface area contributed by atoms with Crippen molar-refractivity contribution in [1.82, 2.24) is 0 Å². The fourth-order valence-corrected chi connectivity index (χ4v) is 2.53. The number of hydrogen-bond acceptors (Lipinski definition) is 6. The summed E-state index contributed by atoms with van der Waals surface area (Å²) in [6, 6.07) is 2.93. The summed E-state index contributed by atoms with van der Waals surface area (Å²) in [5.74, 6) is -1.32. The molecule has 0 aliphatic heterocycles. The van der Waals surface area contributed by atoms with E-state index in [0.717, 1.165) is 0 Å². The van der Waals surface area contributed by atoms with Gasteiger partial charge in [-0.05, 0) is 6.42 Å². The number of aliphatic hydroxyl groups excluding tert-OH is 1. The minimum Gasteiger partial charge on any atom is -0.493 e. The zero-order valence-corrected chi connectivity index (χ0v) is 13.4. The van der Waals surface area contributed by atoms with E-state index in [-0.39, 0.29) is 24.5 Å². The summed E-state index contributed by atoms with van der Waals surface area (Å²) >= 11 is 0. The Morgan fingerprint density at radius 1 is 1.27 bits per heavy atom. The number of anilines is 1. The second-order valence-electron chi connectivity index (χ2n) is 4.78. The van der Waals surface area contributed by atoms with Crippen molar-refractivity contribution in [3.05, 3.63) is 17.9 Å². The van der Waals surface area contributed by atoms with Crippen molar-refractivity contribution in [1.29, 1.82) is 0 Å². The molecule has 1 rings (SSSR count). The molecule has 0 bridgehead atoms. The molecule has 0 radical (unpaired) electrons. The molecular formula is C13H20FNO6S. The summed E-state index contributed by atoms with van der Waals surface area (Å²) in [5, 5.41) is 9.55. The number of aliphatic hydroxyl groups is 1. The minimum absolute atomic E-state index is 0.0136. The van der Waals surface area contributed by atoms with Crippen LogP contribution in [0.15, 0.2) is 12.1 Å². The van der Waals surface area contributed by atoms with Gasteiger partial charge in [0.05, 0.1) is 20.3 Å². The van der Waals surface area contributed by atoms with E-state index in [1.54, 1.807) is 11.9 Å². The second kappa shape index (κ2) is 7.61. The van der Waals surface area contributed by atoms with Crippen molar-refractivity contribution in [2.45, 2.75) is 12.5 Å². The highest BCUT2D eigenvalue weighted by Crippen LogP contribution is 2.32. The first kappa shape index (κ1) is 18.5. The Hall–Kier alpha value is -1.58. The van der Waals surface area contributed by atoms with Crippen molar-refractivity contribution in [2.75, 3.05) is 38.5 Å². The maximum absolute atomic E-state index is 13.8. The van der Waals surface area contributed by atoms with Crippen molar-refractivity contribution < 1.29 is 31.9 Å². The summed E-state index contributed by atoms with van der Waals surface area (Å²) in [6.07, 6.45) is -1.08. The maximum Gasteiger partial charge on any atom is 0.267 e. The number of halogens is 1. The Morgan fingerprint density at radius 2 is 1.77 bits per heavy atom. The molecule has 9 heteroatoms. The van der Waals surface area contributed by atoms with Crippen LogP contribution < -0.4 is 14.4 Å². The smallest absolute Gasteiger partial charge is 0.267 e. The first-order valence-electron chi connectivity index (χ1n) is 6.43. The normalized spacial score (nSPS) is 12.8. The van der Waals surface area contributed by atoms with Crippen LogP contribution in [0.3, 0.4) is 0 Å². The topological polar surface area (TPSA) is 96.3 Å². The molecule has 1 aromatic rings. The first-order chi connectivity index (χ1) is 10.2. The monoisotopic (exact) mass is 337 g/mol.